The molecule has 1 heterocycles. The van der Waals surface area contributed by atoms with Gasteiger partial charge in [-0.15, -0.1) is 0 Å². The lowest BCUT2D eigenvalue weighted by atomic mass is 9.81. The van der Waals surface area contributed by atoms with Gasteiger partial charge in [0.1, 0.15) is 6.67 Å². The van der Waals surface area contributed by atoms with E-state index in [4.69, 9.17) is 0 Å². The molecule has 5 nitrogen and oxygen atoms in total. The van der Waals surface area contributed by atoms with Gasteiger partial charge >= 0.3 is 0 Å². The highest BCUT2D eigenvalue weighted by Gasteiger charge is 2.48. The summed E-state index contributed by atoms with van der Waals surface area (Å²) in [6.07, 6.45) is 3.58. The minimum absolute atomic E-state index is 0.0187. The highest BCUT2D eigenvalue weighted by Crippen LogP contribution is 2.38. The number of hydrogen-bond acceptors (Lipinski definition) is 3. The number of carbonyl (C=O) groups is 3. The topological polar surface area (TPSA) is 57.7 Å². The van der Waals surface area contributed by atoms with E-state index in [0.29, 0.717) is 0 Å². The van der Waals surface area contributed by atoms with Crippen LogP contribution in [0.4, 0.5) is 5.69 Å². The molecule has 2 aliphatic rings. The van der Waals surface area contributed by atoms with Gasteiger partial charge in [-0.3, -0.25) is 24.2 Å². The molecule has 0 bridgehead atoms. The molecule has 0 aromatic heterocycles. The van der Waals surface area contributed by atoms with Crippen LogP contribution in [0.2, 0.25) is 0 Å². The Morgan fingerprint density at radius 3 is 2.22 bits per heavy atom. The van der Waals surface area contributed by atoms with Gasteiger partial charge in [0, 0.05) is 12.6 Å². The highest BCUT2D eigenvalue weighted by atomic mass is 16.2. The number of carbonyl (C=O) groups excluding carboxylic acids is 3. The summed E-state index contributed by atoms with van der Waals surface area (Å²) >= 11 is 0. The molecule has 2 unspecified atom stereocenters. The lowest BCUT2D eigenvalue weighted by Crippen LogP contribution is -2.44. The van der Waals surface area contributed by atoms with E-state index in [2.05, 4.69) is 0 Å². The van der Waals surface area contributed by atoms with E-state index in [1.165, 1.54) is 16.7 Å². The first-order valence-corrected chi connectivity index (χ1v) is 8.19. The van der Waals surface area contributed by atoms with E-state index in [1.807, 2.05) is 31.2 Å². The lowest BCUT2D eigenvalue weighted by molar-refractivity contribution is -0.140. The molecule has 23 heavy (non-hydrogen) atoms. The number of anilines is 1. The number of imide groups is 1. The highest BCUT2D eigenvalue weighted by molar-refractivity contribution is 6.06. The average Bonchev–Trinajstić information content (AvgIpc) is 2.78. The second-order valence-corrected chi connectivity index (χ2v) is 6.48. The Bertz CT molecular complexity index is 631. The predicted octanol–water partition coefficient (Wildman–Crippen LogP) is 2.48. The monoisotopic (exact) mass is 314 g/mol. The molecule has 0 N–H and O–H groups in total. The van der Waals surface area contributed by atoms with Gasteiger partial charge < -0.3 is 0 Å². The van der Waals surface area contributed by atoms with Crippen LogP contribution in [0.15, 0.2) is 24.3 Å². The molecule has 1 saturated heterocycles. The fourth-order valence-corrected chi connectivity index (χ4v) is 3.72. The van der Waals surface area contributed by atoms with Crippen molar-refractivity contribution in [3.63, 3.8) is 0 Å². The fourth-order valence-electron chi connectivity index (χ4n) is 3.72. The first kappa shape index (κ1) is 15.7. The third kappa shape index (κ3) is 2.76. The molecule has 2 fully saturated rings. The van der Waals surface area contributed by atoms with Gasteiger partial charge in [0.05, 0.1) is 11.8 Å². The van der Waals surface area contributed by atoms with E-state index in [-0.39, 0.29) is 36.2 Å². The van der Waals surface area contributed by atoms with Gasteiger partial charge in [-0.25, -0.2) is 0 Å². The normalized spacial score (nSPS) is 23.8. The number of para-hydroxylation sites is 1. The molecule has 122 valence electrons. The molecule has 1 aliphatic heterocycles. The third-order valence-electron chi connectivity index (χ3n) is 5.00. The minimum Gasteiger partial charge on any atom is -0.294 e. The van der Waals surface area contributed by atoms with E-state index in [9.17, 15) is 14.4 Å². The van der Waals surface area contributed by atoms with E-state index in [0.717, 1.165) is 36.9 Å². The number of likely N-dealkylation sites (tertiary alicyclic amines) is 1. The Morgan fingerprint density at radius 1 is 1.13 bits per heavy atom. The molecule has 5 heteroatoms. The minimum atomic E-state index is -0.179. The number of rotatable bonds is 3. The van der Waals surface area contributed by atoms with Crippen molar-refractivity contribution in [1.82, 2.24) is 4.90 Å². The predicted molar refractivity (Wildman–Crippen MR) is 86.5 cm³/mol. The zero-order chi connectivity index (χ0) is 16.6. The number of benzene rings is 1. The van der Waals surface area contributed by atoms with E-state index >= 15 is 0 Å². The Balaban J connectivity index is 1.86. The summed E-state index contributed by atoms with van der Waals surface area (Å²) in [4.78, 5) is 40.1. The van der Waals surface area contributed by atoms with Crippen molar-refractivity contribution in [2.24, 2.45) is 11.8 Å². The molecular weight excluding hydrogens is 292 g/mol. The van der Waals surface area contributed by atoms with Crippen LogP contribution in [0.25, 0.3) is 0 Å². The lowest BCUT2D eigenvalue weighted by Gasteiger charge is -2.27. The van der Waals surface area contributed by atoms with Crippen LogP contribution in [0.5, 0.6) is 0 Å². The zero-order valence-electron chi connectivity index (χ0n) is 13.6. The zero-order valence-corrected chi connectivity index (χ0v) is 13.6. The molecule has 1 aliphatic carbocycles. The molecule has 0 radical (unpaired) electrons. The van der Waals surface area contributed by atoms with Crippen molar-refractivity contribution >= 4 is 23.4 Å². The standard InChI is InChI=1S/C18H22N2O3/c1-12-7-3-6-10-16(12)19(13(2)21)11-20-17(22)14-8-4-5-9-15(14)18(20)23/h3,6-7,10,14-15H,4-5,8-9,11H2,1-2H3. The van der Waals surface area contributed by atoms with E-state index in [1.54, 1.807) is 0 Å². The maximum atomic E-state index is 12.6. The third-order valence-corrected chi connectivity index (χ3v) is 5.00. The second kappa shape index (κ2) is 6.14. The quantitative estimate of drug-likeness (QED) is 0.805. The van der Waals surface area contributed by atoms with Crippen LogP contribution < -0.4 is 4.90 Å². The van der Waals surface area contributed by atoms with Gasteiger partial charge in [-0.1, -0.05) is 31.0 Å². The van der Waals surface area contributed by atoms with Crippen molar-refractivity contribution in [3.05, 3.63) is 29.8 Å². The molecule has 3 amide bonds. The van der Waals surface area contributed by atoms with E-state index < -0.39 is 0 Å². The van der Waals surface area contributed by atoms with Crippen LogP contribution in [0.3, 0.4) is 0 Å². The maximum absolute atomic E-state index is 12.6. The van der Waals surface area contributed by atoms with Crippen molar-refractivity contribution in [1.29, 1.82) is 0 Å². The molecular formula is C18H22N2O3. The molecule has 1 aromatic rings. The summed E-state index contributed by atoms with van der Waals surface area (Å²) in [5.41, 5.74) is 1.69. The average molecular weight is 314 g/mol. The van der Waals surface area contributed by atoms with Gasteiger partial charge in [-0.2, -0.15) is 0 Å². The first-order chi connectivity index (χ1) is 11.0. The molecule has 1 saturated carbocycles. The van der Waals surface area contributed by atoms with Crippen molar-refractivity contribution in [3.8, 4) is 0 Å². The van der Waals surface area contributed by atoms with Gasteiger partial charge in [0.25, 0.3) is 0 Å². The van der Waals surface area contributed by atoms with Crippen molar-refractivity contribution in [2.45, 2.75) is 39.5 Å². The van der Waals surface area contributed by atoms with Crippen LogP contribution in [-0.4, -0.2) is 29.3 Å². The van der Waals surface area contributed by atoms with Crippen LogP contribution in [0, 0.1) is 18.8 Å². The van der Waals surface area contributed by atoms with Crippen molar-refractivity contribution in [2.75, 3.05) is 11.6 Å². The number of nitrogens with zero attached hydrogens (tertiary/aromatic N) is 2. The summed E-state index contributed by atoms with van der Waals surface area (Å²) in [7, 11) is 0. The van der Waals surface area contributed by atoms with Crippen LogP contribution in [0.1, 0.15) is 38.2 Å². The summed E-state index contributed by atoms with van der Waals surface area (Å²) in [6.45, 7) is 3.40. The Labute approximate surface area is 136 Å². The van der Waals surface area contributed by atoms with Gasteiger partial charge in [0.15, 0.2) is 0 Å². The SMILES string of the molecule is CC(=O)N(CN1C(=O)C2CCCCC2C1=O)c1ccccc1C. The van der Waals surface area contributed by atoms with Crippen molar-refractivity contribution < 1.29 is 14.4 Å². The Kier molecular flexibility index (Phi) is 4.20. The smallest absolute Gasteiger partial charge is 0.234 e. The number of aryl methyl sites for hydroxylation is 1. The van der Waals surface area contributed by atoms with Crippen LogP contribution in [-0.2, 0) is 14.4 Å². The summed E-state index contributed by atoms with van der Waals surface area (Å²) in [5.74, 6) is -0.752. The number of fused-ring (bicyclic) bond motifs is 1. The summed E-state index contributed by atoms with van der Waals surface area (Å²) < 4.78 is 0. The largest absolute Gasteiger partial charge is 0.294 e. The molecule has 3 rings (SSSR count). The fraction of sp³-hybridized carbons (Fsp3) is 0.500. The summed E-state index contributed by atoms with van der Waals surface area (Å²) in [5, 5.41) is 0. The first-order valence-electron chi connectivity index (χ1n) is 8.19. The number of amides is 3. The second-order valence-electron chi connectivity index (χ2n) is 6.48. The molecule has 0 spiro atoms. The van der Waals surface area contributed by atoms with Crippen LogP contribution >= 0.6 is 0 Å². The molecule has 1 aromatic carbocycles. The van der Waals surface area contributed by atoms with Gasteiger partial charge in [-0.05, 0) is 31.4 Å². The summed E-state index contributed by atoms with van der Waals surface area (Å²) in [6, 6.07) is 7.51. The van der Waals surface area contributed by atoms with Gasteiger partial charge in [0.2, 0.25) is 17.7 Å². The Morgan fingerprint density at radius 2 is 1.70 bits per heavy atom. The maximum Gasteiger partial charge on any atom is 0.234 e. The number of hydrogen-bond donors (Lipinski definition) is 0. The molecule has 2 atom stereocenters. The Hall–Kier alpha value is -2.17.